The Morgan fingerprint density at radius 1 is 1.37 bits per heavy atom. The number of amides is 1. The highest BCUT2D eigenvalue weighted by Crippen LogP contribution is 2.26. The molecule has 4 nitrogen and oxygen atoms in total. The Balaban J connectivity index is 1.50. The molecule has 1 amide bonds. The molecule has 1 aliphatic carbocycles. The first-order chi connectivity index (χ1) is 9.22. The number of benzene rings is 1. The summed E-state index contributed by atoms with van der Waals surface area (Å²) in [5, 5.41) is 15.7. The average molecular weight is 260 g/mol. The standard InChI is InChI=1S/C15H20N2O2/c18-12-6-5-10(7-12)9-16-15(19)14-8-11-3-1-2-4-13(11)17-14/h1-4,10,12,14,17-18H,5-9H2,(H,16,19)/t10?,12?,14-/m0/s1. The molecule has 1 aromatic carbocycles. The second-order valence-electron chi connectivity index (χ2n) is 5.64. The molecule has 1 saturated carbocycles. The van der Waals surface area contributed by atoms with Gasteiger partial charge in [-0.2, -0.15) is 0 Å². The topological polar surface area (TPSA) is 61.4 Å². The third kappa shape index (κ3) is 2.73. The minimum atomic E-state index is -0.171. The van der Waals surface area contributed by atoms with Gasteiger partial charge in [0.15, 0.2) is 0 Å². The predicted molar refractivity (Wildman–Crippen MR) is 73.9 cm³/mol. The lowest BCUT2D eigenvalue weighted by Crippen LogP contribution is -2.40. The molecule has 3 atom stereocenters. The summed E-state index contributed by atoms with van der Waals surface area (Å²) in [5.74, 6) is 0.500. The molecular formula is C15H20N2O2. The third-order valence-electron chi connectivity index (χ3n) is 4.17. The molecule has 0 bridgehead atoms. The van der Waals surface area contributed by atoms with Gasteiger partial charge < -0.3 is 15.7 Å². The van der Waals surface area contributed by atoms with Crippen LogP contribution in [0.5, 0.6) is 0 Å². The Morgan fingerprint density at radius 2 is 2.21 bits per heavy atom. The van der Waals surface area contributed by atoms with Crippen LogP contribution in [0.2, 0.25) is 0 Å². The molecule has 1 heterocycles. The van der Waals surface area contributed by atoms with Gasteiger partial charge in [-0.1, -0.05) is 18.2 Å². The second kappa shape index (κ2) is 5.21. The summed E-state index contributed by atoms with van der Waals surface area (Å²) in [5.41, 5.74) is 2.28. The van der Waals surface area contributed by atoms with Crippen LogP contribution >= 0.6 is 0 Å². The van der Waals surface area contributed by atoms with Crippen molar-refractivity contribution in [1.82, 2.24) is 5.32 Å². The number of aliphatic hydroxyl groups excluding tert-OH is 1. The minimum absolute atomic E-state index is 0.0672. The Morgan fingerprint density at radius 3 is 2.95 bits per heavy atom. The average Bonchev–Trinajstić information content (AvgIpc) is 3.01. The first kappa shape index (κ1) is 12.5. The van der Waals surface area contributed by atoms with Crippen LogP contribution in [-0.4, -0.2) is 29.7 Å². The van der Waals surface area contributed by atoms with Gasteiger partial charge in [0.2, 0.25) is 5.91 Å². The van der Waals surface area contributed by atoms with Crippen LogP contribution in [0.15, 0.2) is 24.3 Å². The number of carbonyl (C=O) groups is 1. The monoisotopic (exact) mass is 260 g/mol. The molecule has 0 saturated heterocycles. The van der Waals surface area contributed by atoms with E-state index in [0.29, 0.717) is 12.5 Å². The SMILES string of the molecule is O=C(NCC1CCC(O)C1)[C@@H]1Cc2ccccc2N1. The first-order valence-corrected chi connectivity index (χ1v) is 7.02. The Bertz CT molecular complexity index is 450. The number of carbonyl (C=O) groups excluding carboxylic acids is 1. The number of rotatable bonds is 3. The molecular weight excluding hydrogens is 240 g/mol. The Hall–Kier alpha value is -1.55. The van der Waals surface area contributed by atoms with Gasteiger partial charge in [-0.15, -0.1) is 0 Å². The third-order valence-corrected chi connectivity index (χ3v) is 4.17. The van der Waals surface area contributed by atoms with Crippen molar-refractivity contribution in [1.29, 1.82) is 0 Å². The summed E-state index contributed by atoms with van der Waals surface area (Å²) in [4.78, 5) is 12.1. The fourth-order valence-corrected chi connectivity index (χ4v) is 3.06. The van der Waals surface area contributed by atoms with Crippen molar-refractivity contribution >= 4 is 11.6 Å². The van der Waals surface area contributed by atoms with Gasteiger partial charge >= 0.3 is 0 Å². The van der Waals surface area contributed by atoms with Gasteiger partial charge in [0.1, 0.15) is 6.04 Å². The molecule has 1 fully saturated rings. The van der Waals surface area contributed by atoms with Crippen LogP contribution in [0.25, 0.3) is 0 Å². The number of hydrogen-bond acceptors (Lipinski definition) is 3. The van der Waals surface area contributed by atoms with E-state index in [4.69, 9.17) is 0 Å². The number of para-hydroxylation sites is 1. The lowest BCUT2D eigenvalue weighted by atomic mass is 10.1. The zero-order chi connectivity index (χ0) is 13.2. The van der Waals surface area contributed by atoms with E-state index in [1.165, 1.54) is 5.56 Å². The fraction of sp³-hybridized carbons (Fsp3) is 0.533. The second-order valence-corrected chi connectivity index (χ2v) is 5.64. The molecule has 0 aromatic heterocycles. The van der Waals surface area contributed by atoms with E-state index in [0.717, 1.165) is 31.4 Å². The zero-order valence-electron chi connectivity index (χ0n) is 10.9. The molecule has 2 unspecified atom stereocenters. The summed E-state index contributed by atoms with van der Waals surface area (Å²) in [6.07, 6.45) is 3.29. The van der Waals surface area contributed by atoms with Gasteiger partial charge in [-0.05, 0) is 36.8 Å². The maximum absolute atomic E-state index is 12.1. The molecule has 3 N–H and O–H groups in total. The normalized spacial score (nSPS) is 28.8. The zero-order valence-corrected chi connectivity index (χ0v) is 10.9. The molecule has 2 aliphatic rings. The van der Waals surface area contributed by atoms with Gasteiger partial charge in [-0.3, -0.25) is 4.79 Å². The summed E-state index contributed by atoms with van der Waals surface area (Å²) < 4.78 is 0. The van der Waals surface area contributed by atoms with E-state index in [9.17, 15) is 9.90 Å². The summed E-state index contributed by atoms with van der Waals surface area (Å²) in [6.45, 7) is 0.685. The van der Waals surface area contributed by atoms with Crippen molar-refractivity contribution in [3.8, 4) is 0 Å². The van der Waals surface area contributed by atoms with Crippen molar-refractivity contribution < 1.29 is 9.90 Å². The van der Waals surface area contributed by atoms with E-state index < -0.39 is 0 Å². The Labute approximate surface area is 113 Å². The quantitative estimate of drug-likeness (QED) is 0.767. The highest BCUT2D eigenvalue weighted by atomic mass is 16.3. The number of nitrogens with one attached hydrogen (secondary N) is 2. The molecule has 1 aliphatic heterocycles. The smallest absolute Gasteiger partial charge is 0.242 e. The van der Waals surface area contributed by atoms with Crippen LogP contribution in [0.1, 0.15) is 24.8 Å². The molecule has 0 radical (unpaired) electrons. The van der Waals surface area contributed by atoms with Crippen LogP contribution in [0, 0.1) is 5.92 Å². The van der Waals surface area contributed by atoms with Crippen molar-refractivity contribution in [2.75, 3.05) is 11.9 Å². The van der Waals surface area contributed by atoms with Crippen molar-refractivity contribution in [3.05, 3.63) is 29.8 Å². The maximum atomic E-state index is 12.1. The van der Waals surface area contributed by atoms with Gasteiger partial charge in [0.05, 0.1) is 6.10 Å². The molecule has 102 valence electrons. The fourth-order valence-electron chi connectivity index (χ4n) is 3.06. The minimum Gasteiger partial charge on any atom is -0.393 e. The number of aliphatic hydroxyl groups is 1. The van der Waals surface area contributed by atoms with Crippen LogP contribution in [0.3, 0.4) is 0 Å². The van der Waals surface area contributed by atoms with Gasteiger partial charge in [0.25, 0.3) is 0 Å². The summed E-state index contributed by atoms with van der Waals surface area (Å²) >= 11 is 0. The summed E-state index contributed by atoms with van der Waals surface area (Å²) in [7, 11) is 0. The molecule has 3 rings (SSSR count). The highest BCUT2D eigenvalue weighted by molar-refractivity contribution is 5.87. The molecule has 19 heavy (non-hydrogen) atoms. The van der Waals surface area contributed by atoms with E-state index >= 15 is 0 Å². The highest BCUT2D eigenvalue weighted by Gasteiger charge is 2.28. The molecule has 4 heteroatoms. The lowest BCUT2D eigenvalue weighted by molar-refractivity contribution is -0.121. The van der Waals surface area contributed by atoms with E-state index in [1.807, 2.05) is 18.2 Å². The van der Waals surface area contributed by atoms with Crippen molar-refractivity contribution in [2.24, 2.45) is 5.92 Å². The predicted octanol–water partition coefficient (Wildman–Crippen LogP) is 1.30. The van der Waals surface area contributed by atoms with Crippen molar-refractivity contribution in [3.63, 3.8) is 0 Å². The maximum Gasteiger partial charge on any atom is 0.242 e. The van der Waals surface area contributed by atoms with Crippen molar-refractivity contribution in [2.45, 2.75) is 37.8 Å². The van der Waals surface area contributed by atoms with Crippen LogP contribution in [-0.2, 0) is 11.2 Å². The van der Waals surface area contributed by atoms with Gasteiger partial charge in [0, 0.05) is 18.7 Å². The van der Waals surface area contributed by atoms with Gasteiger partial charge in [-0.25, -0.2) is 0 Å². The molecule has 1 aromatic rings. The van der Waals surface area contributed by atoms with Crippen LogP contribution < -0.4 is 10.6 Å². The first-order valence-electron chi connectivity index (χ1n) is 7.02. The van der Waals surface area contributed by atoms with E-state index in [2.05, 4.69) is 16.7 Å². The lowest BCUT2D eigenvalue weighted by Gasteiger charge is -2.15. The van der Waals surface area contributed by atoms with E-state index in [-0.39, 0.29) is 18.1 Å². The summed E-state index contributed by atoms with van der Waals surface area (Å²) in [6, 6.07) is 7.90. The number of fused-ring (bicyclic) bond motifs is 1. The largest absolute Gasteiger partial charge is 0.393 e. The van der Waals surface area contributed by atoms with E-state index in [1.54, 1.807) is 0 Å². The molecule has 0 spiro atoms. The Kier molecular flexibility index (Phi) is 3.42. The number of hydrogen-bond donors (Lipinski definition) is 3. The number of anilines is 1. The van der Waals surface area contributed by atoms with Crippen LogP contribution in [0.4, 0.5) is 5.69 Å².